The molecule has 0 fully saturated rings. The van der Waals surface area contributed by atoms with Gasteiger partial charge in [0, 0.05) is 32.9 Å². The number of hydrogen-bond donors (Lipinski definition) is 1. The van der Waals surface area contributed by atoms with E-state index in [0.29, 0.717) is 0 Å². The summed E-state index contributed by atoms with van der Waals surface area (Å²) in [6, 6.07) is 8.59. The van der Waals surface area contributed by atoms with E-state index < -0.39 is 0 Å². The molecule has 0 atom stereocenters. The normalized spacial score (nSPS) is 9.52. The van der Waals surface area contributed by atoms with Gasteiger partial charge in [0.1, 0.15) is 0 Å². The zero-order valence-electron chi connectivity index (χ0n) is 13.0. The predicted molar refractivity (Wildman–Crippen MR) is 95.2 cm³/mol. The molecule has 0 spiro atoms. The van der Waals surface area contributed by atoms with Crippen molar-refractivity contribution in [3.8, 4) is 0 Å². The van der Waals surface area contributed by atoms with Crippen LogP contribution in [-0.2, 0) is 13.1 Å². The molecule has 1 aromatic heterocycles. The Labute approximate surface area is 139 Å². The van der Waals surface area contributed by atoms with Gasteiger partial charge in [-0.05, 0) is 31.5 Å². The van der Waals surface area contributed by atoms with Crippen LogP contribution < -0.4 is 10.2 Å². The lowest BCUT2D eigenvalue weighted by Gasteiger charge is -2.13. The first-order valence-electron chi connectivity index (χ1n) is 6.64. The lowest BCUT2D eigenvalue weighted by Crippen LogP contribution is -2.08. The molecule has 0 amide bonds. The molecule has 21 heavy (non-hydrogen) atoms. The van der Waals surface area contributed by atoms with E-state index in [9.17, 15) is 0 Å². The summed E-state index contributed by atoms with van der Waals surface area (Å²) in [5, 5.41) is 7.77. The molecule has 118 valence electrons. The van der Waals surface area contributed by atoms with E-state index in [1.54, 1.807) is 0 Å². The van der Waals surface area contributed by atoms with Crippen LogP contribution in [0.2, 0.25) is 0 Å². The number of aryl methyl sites for hydroxylation is 1. The van der Waals surface area contributed by atoms with Gasteiger partial charge in [-0.2, -0.15) is 5.10 Å². The second-order valence-corrected chi connectivity index (χ2v) is 4.87. The molecule has 0 bridgehead atoms. The Morgan fingerprint density at radius 3 is 2.24 bits per heavy atom. The first-order valence-corrected chi connectivity index (χ1v) is 6.64. The van der Waals surface area contributed by atoms with Crippen molar-refractivity contribution < 1.29 is 0 Å². The highest BCUT2D eigenvalue weighted by atomic mass is 35.5. The second-order valence-electron chi connectivity index (χ2n) is 4.87. The Morgan fingerprint density at radius 1 is 1.14 bits per heavy atom. The van der Waals surface area contributed by atoms with Crippen LogP contribution in [0.25, 0.3) is 0 Å². The van der Waals surface area contributed by atoms with E-state index in [0.717, 1.165) is 18.8 Å². The van der Waals surface area contributed by atoms with Crippen molar-refractivity contribution >= 4 is 36.2 Å². The molecule has 1 aromatic carbocycles. The minimum Gasteiger partial charge on any atom is -0.378 e. The molecule has 6 heteroatoms. The number of anilines is 2. The highest BCUT2D eigenvalue weighted by Gasteiger charge is 2.04. The molecule has 1 heterocycles. The van der Waals surface area contributed by atoms with Gasteiger partial charge in [-0.15, -0.1) is 24.8 Å². The van der Waals surface area contributed by atoms with Gasteiger partial charge in [0.2, 0.25) is 0 Å². The van der Waals surface area contributed by atoms with Crippen molar-refractivity contribution in [3.05, 3.63) is 41.7 Å². The third-order valence-electron chi connectivity index (χ3n) is 3.34. The highest BCUT2D eigenvalue weighted by Crippen LogP contribution is 2.16. The molecule has 0 aliphatic carbocycles. The maximum absolute atomic E-state index is 4.33. The number of rotatable bonds is 5. The van der Waals surface area contributed by atoms with E-state index in [-0.39, 0.29) is 24.8 Å². The van der Waals surface area contributed by atoms with Gasteiger partial charge in [-0.25, -0.2) is 0 Å². The van der Waals surface area contributed by atoms with Crippen molar-refractivity contribution in [2.24, 2.45) is 0 Å². The Kier molecular flexibility index (Phi) is 8.22. The van der Waals surface area contributed by atoms with Gasteiger partial charge < -0.3 is 10.2 Å². The Morgan fingerprint density at radius 2 is 1.76 bits per heavy atom. The molecule has 0 aliphatic rings. The molecule has 1 N–H and O–H groups in total. The lowest BCUT2D eigenvalue weighted by molar-refractivity contribution is 0.640. The fraction of sp³-hybridized carbons (Fsp3) is 0.400. The summed E-state index contributed by atoms with van der Waals surface area (Å²) >= 11 is 0. The fourth-order valence-electron chi connectivity index (χ4n) is 2.05. The third-order valence-corrected chi connectivity index (χ3v) is 3.34. The average molecular weight is 331 g/mol. The highest BCUT2D eigenvalue weighted by molar-refractivity contribution is 5.85. The van der Waals surface area contributed by atoms with Gasteiger partial charge >= 0.3 is 0 Å². The quantitative estimate of drug-likeness (QED) is 0.906. The fourth-order valence-corrected chi connectivity index (χ4v) is 2.05. The van der Waals surface area contributed by atoms with E-state index in [4.69, 9.17) is 0 Å². The first kappa shape index (κ1) is 19.6. The maximum Gasteiger partial charge on any atom is 0.0758 e. The summed E-state index contributed by atoms with van der Waals surface area (Å²) in [6.45, 7) is 5.92. The van der Waals surface area contributed by atoms with Crippen LogP contribution in [0.5, 0.6) is 0 Å². The third kappa shape index (κ3) is 4.83. The molecular formula is C15H24Cl2N4. The zero-order valence-corrected chi connectivity index (χ0v) is 14.6. The maximum atomic E-state index is 4.33. The molecule has 0 saturated heterocycles. The van der Waals surface area contributed by atoms with E-state index in [2.05, 4.69) is 67.5 Å². The molecule has 0 unspecified atom stereocenters. The molecule has 0 radical (unpaired) electrons. The number of aromatic nitrogens is 2. The Bertz CT molecular complexity index is 535. The van der Waals surface area contributed by atoms with Gasteiger partial charge in [-0.3, -0.25) is 4.68 Å². The van der Waals surface area contributed by atoms with E-state index in [1.165, 1.54) is 16.9 Å². The lowest BCUT2D eigenvalue weighted by atomic mass is 10.2. The van der Waals surface area contributed by atoms with Crippen molar-refractivity contribution in [2.75, 3.05) is 24.3 Å². The summed E-state index contributed by atoms with van der Waals surface area (Å²) < 4.78 is 2.00. The smallest absolute Gasteiger partial charge is 0.0758 e. The van der Waals surface area contributed by atoms with Crippen LogP contribution >= 0.6 is 24.8 Å². The van der Waals surface area contributed by atoms with Gasteiger partial charge in [0.15, 0.2) is 0 Å². The number of nitrogens with zero attached hydrogens (tertiary/aromatic N) is 3. The summed E-state index contributed by atoms with van der Waals surface area (Å²) in [5.41, 5.74) is 4.79. The van der Waals surface area contributed by atoms with Crippen LogP contribution in [0.1, 0.15) is 18.2 Å². The summed E-state index contributed by atoms with van der Waals surface area (Å²) in [7, 11) is 4.10. The second kappa shape index (κ2) is 8.80. The number of hydrogen-bond acceptors (Lipinski definition) is 3. The van der Waals surface area contributed by atoms with Crippen molar-refractivity contribution in [2.45, 2.75) is 26.9 Å². The van der Waals surface area contributed by atoms with E-state index >= 15 is 0 Å². The Hall–Kier alpha value is -1.39. The average Bonchev–Trinajstić information content (AvgIpc) is 2.77. The van der Waals surface area contributed by atoms with E-state index in [1.807, 2.05) is 10.9 Å². The molecule has 2 aromatic rings. The standard InChI is InChI=1S/C15H22N4.2ClH/c1-5-19-12(2)15(11-17-19)16-10-13-6-8-14(9-7-13)18(3)4;;/h6-9,11,16H,5,10H2,1-4H3;2*1H. The molecule has 0 aliphatic heterocycles. The van der Waals surface area contributed by atoms with Crippen LogP contribution in [0.4, 0.5) is 11.4 Å². The first-order chi connectivity index (χ1) is 9.11. The molecule has 0 saturated carbocycles. The van der Waals surface area contributed by atoms with Crippen molar-refractivity contribution in [1.29, 1.82) is 0 Å². The van der Waals surface area contributed by atoms with Crippen molar-refractivity contribution in [3.63, 3.8) is 0 Å². The summed E-state index contributed by atoms with van der Waals surface area (Å²) in [6.07, 6.45) is 1.90. The molecular weight excluding hydrogens is 307 g/mol. The number of benzene rings is 1. The monoisotopic (exact) mass is 330 g/mol. The van der Waals surface area contributed by atoms with Crippen LogP contribution in [0, 0.1) is 6.92 Å². The van der Waals surface area contributed by atoms with Crippen molar-refractivity contribution in [1.82, 2.24) is 9.78 Å². The molecule has 4 nitrogen and oxygen atoms in total. The zero-order chi connectivity index (χ0) is 13.8. The van der Waals surface area contributed by atoms with Crippen LogP contribution in [-0.4, -0.2) is 23.9 Å². The van der Waals surface area contributed by atoms with Crippen LogP contribution in [0.15, 0.2) is 30.5 Å². The number of halogens is 2. The van der Waals surface area contributed by atoms with Gasteiger partial charge in [0.05, 0.1) is 17.6 Å². The summed E-state index contributed by atoms with van der Waals surface area (Å²) in [5.74, 6) is 0. The Balaban J connectivity index is 0.00000200. The SMILES string of the molecule is CCn1ncc(NCc2ccc(N(C)C)cc2)c1C.Cl.Cl. The predicted octanol–water partition coefficient (Wildman–Crippen LogP) is 3.73. The largest absolute Gasteiger partial charge is 0.378 e. The van der Waals surface area contributed by atoms with Gasteiger partial charge in [-0.1, -0.05) is 12.1 Å². The minimum absolute atomic E-state index is 0. The van der Waals surface area contributed by atoms with Gasteiger partial charge in [0.25, 0.3) is 0 Å². The molecule has 2 rings (SSSR count). The van der Waals surface area contributed by atoms with Crippen LogP contribution in [0.3, 0.4) is 0 Å². The minimum atomic E-state index is 0. The number of nitrogens with one attached hydrogen (secondary N) is 1. The topological polar surface area (TPSA) is 33.1 Å². The summed E-state index contributed by atoms with van der Waals surface area (Å²) in [4.78, 5) is 2.10.